The van der Waals surface area contributed by atoms with Crippen LogP contribution in [0, 0.1) is 10.1 Å². The average Bonchev–Trinajstić information content (AvgIpc) is 2.53. The largest absolute Gasteiger partial charge is 0.482 e. The molecule has 0 amide bonds. The molecule has 2 rings (SSSR count). The van der Waals surface area contributed by atoms with Crippen molar-refractivity contribution >= 4 is 11.7 Å². The molecule has 0 fully saturated rings. The number of methoxy groups -OCH3 is 1. The lowest BCUT2D eigenvalue weighted by molar-refractivity contribution is -0.386. The molecule has 2 aromatic rings. The van der Waals surface area contributed by atoms with Crippen molar-refractivity contribution in [3.05, 3.63) is 69.8 Å². The number of rotatable bonds is 6. The predicted octanol–water partition coefficient (Wildman–Crippen LogP) is 2.89. The van der Waals surface area contributed by atoms with Gasteiger partial charge in [-0.05, 0) is 11.6 Å². The molecule has 0 atom stereocenters. The van der Waals surface area contributed by atoms with E-state index in [4.69, 9.17) is 4.74 Å². The van der Waals surface area contributed by atoms with Gasteiger partial charge in [-0.1, -0.05) is 42.5 Å². The van der Waals surface area contributed by atoms with Crippen LogP contribution in [-0.2, 0) is 22.6 Å². The highest BCUT2D eigenvalue weighted by Gasteiger charge is 2.22. The van der Waals surface area contributed by atoms with Gasteiger partial charge in [0.1, 0.15) is 6.61 Å². The number of para-hydroxylation sites is 1. The maximum Gasteiger partial charge on any atom is 0.314 e. The number of nitro groups is 1. The van der Waals surface area contributed by atoms with Crippen molar-refractivity contribution < 1.29 is 19.2 Å². The minimum Gasteiger partial charge on any atom is -0.482 e. The number of nitrogens with zero attached hydrogens (tertiary/aromatic N) is 1. The van der Waals surface area contributed by atoms with E-state index in [0.29, 0.717) is 0 Å². The topological polar surface area (TPSA) is 78.7 Å². The molecule has 2 aromatic carbocycles. The molecule has 0 bridgehead atoms. The Balaban J connectivity index is 2.24. The molecule has 0 aliphatic carbocycles. The highest BCUT2D eigenvalue weighted by atomic mass is 16.6. The second kappa shape index (κ2) is 7.21. The Hall–Kier alpha value is -2.89. The number of carbonyl (C=O) groups excluding carboxylic acids is 1. The monoisotopic (exact) mass is 301 g/mol. The number of nitro benzene ring substituents is 1. The standard InChI is InChI=1S/C16H15NO5/c1-21-15(18)10-13-8-5-9-14(16(13)17(19)20)22-11-12-6-3-2-4-7-12/h2-9H,10-11H2,1H3. The Labute approximate surface area is 127 Å². The van der Waals surface area contributed by atoms with Crippen molar-refractivity contribution in [3.8, 4) is 5.75 Å². The van der Waals surface area contributed by atoms with Gasteiger partial charge >= 0.3 is 11.7 Å². The van der Waals surface area contributed by atoms with Crippen LogP contribution in [-0.4, -0.2) is 18.0 Å². The zero-order chi connectivity index (χ0) is 15.9. The summed E-state index contributed by atoms with van der Waals surface area (Å²) in [6.07, 6.45) is -0.171. The average molecular weight is 301 g/mol. The van der Waals surface area contributed by atoms with Gasteiger partial charge in [0.25, 0.3) is 0 Å². The van der Waals surface area contributed by atoms with Crippen LogP contribution in [0.4, 0.5) is 5.69 Å². The Morgan fingerprint density at radius 1 is 1.14 bits per heavy atom. The molecule has 0 N–H and O–H groups in total. The molecule has 6 nitrogen and oxygen atoms in total. The van der Waals surface area contributed by atoms with Crippen molar-refractivity contribution in [1.82, 2.24) is 0 Å². The summed E-state index contributed by atoms with van der Waals surface area (Å²) in [7, 11) is 1.24. The molecule has 0 aromatic heterocycles. The van der Waals surface area contributed by atoms with Crippen LogP contribution in [0.3, 0.4) is 0 Å². The molecular weight excluding hydrogens is 286 g/mol. The molecule has 0 aliphatic rings. The molecule has 0 saturated heterocycles. The van der Waals surface area contributed by atoms with Crippen molar-refractivity contribution in [2.45, 2.75) is 13.0 Å². The van der Waals surface area contributed by atoms with Gasteiger partial charge in [-0.2, -0.15) is 0 Å². The van der Waals surface area contributed by atoms with Crippen molar-refractivity contribution in [1.29, 1.82) is 0 Å². The Morgan fingerprint density at radius 2 is 1.86 bits per heavy atom. The molecule has 0 radical (unpaired) electrons. The SMILES string of the molecule is COC(=O)Cc1cccc(OCc2ccccc2)c1[N+](=O)[O-]. The number of hydrogen-bond acceptors (Lipinski definition) is 5. The van der Waals surface area contributed by atoms with Gasteiger partial charge in [0, 0.05) is 5.56 Å². The number of ether oxygens (including phenoxy) is 2. The molecular formula is C16H15NO5. The van der Waals surface area contributed by atoms with Gasteiger partial charge < -0.3 is 9.47 Å². The molecule has 0 aliphatic heterocycles. The van der Waals surface area contributed by atoms with Crippen molar-refractivity contribution in [3.63, 3.8) is 0 Å². The first kappa shape index (κ1) is 15.5. The van der Waals surface area contributed by atoms with E-state index in [1.54, 1.807) is 6.07 Å². The van der Waals surface area contributed by atoms with Gasteiger partial charge in [0.15, 0.2) is 5.75 Å². The third-order valence-corrected chi connectivity index (χ3v) is 3.06. The third kappa shape index (κ3) is 3.82. The van der Waals surface area contributed by atoms with Gasteiger partial charge in [-0.15, -0.1) is 0 Å². The lowest BCUT2D eigenvalue weighted by atomic mass is 10.1. The summed E-state index contributed by atoms with van der Waals surface area (Å²) in [5.74, 6) is -0.404. The number of esters is 1. The zero-order valence-electron chi connectivity index (χ0n) is 12.0. The number of carbonyl (C=O) groups is 1. The van der Waals surface area contributed by atoms with Crippen molar-refractivity contribution in [2.24, 2.45) is 0 Å². The lowest BCUT2D eigenvalue weighted by Gasteiger charge is -2.09. The normalized spacial score (nSPS) is 10.0. The van der Waals surface area contributed by atoms with E-state index in [2.05, 4.69) is 4.74 Å². The van der Waals surface area contributed by atoms with Crippen LogP contribution in [0.2, 0.25) is 0 Å². The van der Waals surface area contributed by atoms with E-state index >= 15 is 0 Å². The summed E-state index contributed by atoms with van der Waals surface area (Å²) in [5.41, 5.74) is 0.960. The summed E-state index contributed by atoms with van der Waals surface area (Å²) in [5, 5.41) is 11.3. The second-order valence-electron chi connectivity index (χ2n) is 4.55. The van der Waals surface area contributed by atoms with Crippen LogP contribution < -0.4 is 4.74 Å². The maximum atomic E-state index is 11.4. The Morgan fingerprint density at radius 3 is 2.50 bits per heavy atom. The quantitative estimate of drug-likeness (QED) is 0.465. The van der Waals surface area contributed by atoms with Crippen LogP contribution in [0.1, 0.15) is 11.1 Å². The molecule has 0 spiro atoms. The molecule has 22 heavy (non-hydrogen) atoms. The maximum absolute atomic E-state index is 11.4. The fraction of sp³-hybridized carbons (Fsp3) is 0.188. The number of hydrogen-bond donors (Lipinski definition) is 0. The van der Waals surface area contributed by atoms with Crippen LogP contribution in [0.15, 0.2) is 48.5 Å². The molecule has 0 saturated carbocycles. The van der Waals surface area contributed by atoms with E-state index in [1.807, 2.05) is 30.3 Å². The van der Waals surface area contributed by atoms with E-state index < -0.39 is 10.9 Å². The van der Waals surface area contributed by atoms with Crippen LogP contribution in [0.5, 0.6) is 5.75 Å². The minimum absolute atomic E-state index is 0.134. The summed E-state index contributed by atoms with van der Waals surface area (Å²) >= 11 is 0. The summed E-state index contributed by atoms with van der Waals surface area (Å²) in [6.45, 7) is 0.212. The van der Waals surface area contributed by atoms with Gasteiger partial charge in [0.2, 0.25) is 0 Å². The first-order valence-electron chi connectivity index (χ1n) is 6.61. The smallest absolute Gasteiger partial charge is 0.314 e. The van der Waals surface area contributed by atoms with Gasteiger partial charge in [0.05, 0.1) is 18.5 Å². The fourth-order valence-corrected chi connectivity index (χ4v) is 2.00. The first-order valence-corrected chi connectivity index (χ1v) is 6.61. The van der Waals surface area contributed by atoms with Crippen LogP contribution in [0.25, 0.3) is 0 Å². The zero-order valence-corrected chi connectivity index (χ0v) is 12.0. The Kier molecular flexibility index (Phi) is 5.08. The highest BCUT2D eigenvalue weighted by Crippen LogP contribution is 2.31. The molecule has 6 heteroatoms. The first-order chi connectivity index (χ1) is 10.6. The van der Waals surface area contributed by atoms with Crippen LogP contribution >= 0.6 is 0 Å². The second-order valence-corrected chi connectivity index (χ2v) is 4.55. The third-order valence-electron chi connectivity index (χ3n) is 3.06. The number of benzene rings is 2. The lowest BCUT2D eigenvalue weighted by Crippen LogP contribution is -2.08. The van der Waals surface area contributed by atoms with Crippen molar-refractivity contribution in [2.75, 3.05) is 7.11 Å². The predicted molar refractivity (Wildman–Crippen MR) is 79.6 cm³/mol. The van der Waals surface area contributed by atoms with E-state index in [9.17, 15) is 14.9 Å². The van der Waals surface area contributed by atoms with E-state index in [-0.39, 0.29) is 30.0 Å². The van der Waals surface area contributed by atoms with Gasteiger partial charge in [-0.3, -0.25) is 14.9 Å². The highest BCUT2D eigenvalue weighted by molar-refractivity contribution is 5.75. The Bertz CT molecular complexity index is 669. The molecule has 114 valence electrons. The minimum atomic E-state index is -0.543. The van der Waals surface area contributed by atoms with E-state index in [1.165, 1.54) is 19.2 Å². The summed E-state index contributed by atoms with van der Waals surface area (Å²) < 4.78 is 10.1. The van der Waals surface area contributed by atoms with E-state index in [0.717, 1.165) is 5.56 Å². The summed E-state index contributed by atoms with van der Waals surface area (Å²) in [4.78, 5) is 22.1. The summed E-state index contributed by atoms with van der Waals surface area (Å²) in [6, 6.07) is 14.0. The fourth-order valence-electron chi connectivity index (χ4n) is 2.00. The van der Waals surface area contributed by atoms with Gasteiger partial charge in [-0.25, -0.2) is 0 Å². The molecule has 0 unspecified atom stereocenters. The molecule has 0 heterocycles.